The van der Waals surface area contributed by atoms with E-state index in [-0.39, 0.29) is 17.1 Å². The first-order chi connectivity index (χ1) is 26.4. The summed E-state index contributed by atoms with van der Waals surface area (Å²) in [5, 5.41) is 22.1. The molecular formula is C40H38IN5O7S2. The van der Waals surface area contributed by atoms with Crippen LogP contribution in [0.4, 0.5) is 5.13 Å². The van der Waals surface area contributed by atoms with Crippen molar-refractivity contribution >= 4 is 80.3 Å². The molecule has 0 radical (unpaired) electrons. The van der Waals surface area contributed by atoms with E-state index in [1.807, 2.05) is 91.0 Å². The molecule has 3 N–H and O–H groups in total. The first-order valence-corrected chi connectivity index (χ1v) is 21.0. The van der Waals surface area contributed by atoms with Crippen molar-refractivity contribution in [2.45, 2.75) is 61.8 Å². The molecular weight excluding hydrogens is 854 g/mol. The second-order valence-corrected chi connectivity index (χ2v) is 17.0. The molecule has 1 saturated heterocycles. The highest BCUT2D eigenvalue weighted by atomic mass is 127. The number of oxime groups is 1. The SMILES string of the molecule is CC(C)(C)OC(=O)C1(ON=C(C(=O)N[C@@H]2C(=O)N3C(C(=O)O)=C(CI)CS[C@@H]23)c2csc(NC(c3ccccc3)(c3ccccc3)c3ccccc3)n2)CC1. The van der Waals surface area contributed by atoms with E-state index in [1.54, 1.807) is 26.2 Å². The quantitative estimate of drug-likeness (QED) is 0.0264. The topological polar surface area (TPSA) is 160 Å². The summed E-state index contributed by atoms with van der Waals surface area (Å²) in [4.78, 5) is 64.9. The predicted octanol–water partition coefficient (Wildman–Crippen LogP) is 6.32. The summed E-state index contributed by atoms with van der Waals surface area (Å²) in [6.45, 7) is 5.26. The molecule has 3 aliphatic rings. The highest BCUT2D eigenvalue weighted by Crippen LogP contribution is 2.44. The maximum absolute atomic E-state index is 14.2. The molecule has 2 amide bonds. The third-order valence-electron chi connectivity index (χ3n) is 9.36. The van der Waals surface area contributed by atoms with E-state index in [0.717, 1.165) is 16.7 Å². The summed E-state index contributed by atoms with van der Waals surface area (Å²) in [5.74, 6) is -2.69. The van der Waals surface area contributed by atoms with Gasteiger partial charge in [-0.1, -0.05) is 119 Å². The van der Waals surface area contributed by atoms with Crippen LogP contribution in [0.1, 0.15) is 56.0 Å². The summed E-state index contributed by atoms with van der Waals surface area (Å²) in [6.07, 6.45) is 0.687. The van der Waals surface area contributed by atoms with Crippen molar-refractivity contribution < 1.29 is 33.9 Å². The number of nitrogens with one attached hydrogen (secondary N) is 2. The number of carbonyl (C=O) groups excluding carboxylic acids is 3. The average molecular weight is 892 g/mol. The van der Waals surface area contributed by atoms with Crippen LogP contribution < -0.4 is 10.6 Å². The molecule has 1 aliphatic carbocycles. The number of thioether (sulfide) groups is 1. The highest BCUT2D eigenvalue weighted by Gasteiger charge is 2.57. The number of rotatable bonds is 13. The number of carboxylic acids is 1. The normalized spacial score (nSPS) is 19.2. The third-order valence-corrected chi connectivity index (χ3v) is 12.4. The van der Waals surface area contributed by atoms with Gasteiger partial charge in [-0.3, -0.25) is 14.5 Å². The number of thiazole rings is 1. The number of β-lactam (4-membered cyclic amide) rings is 1. The van der Waals surface area contributed by atoms with E-state index < -0.39 is 51.9 Å². The van der Waals surface area contributed by atoms with Crippen LogP contribution in [-0.4, -0.2) is 77.3 Å². The second kappa shape index (κ2) is 15.4. The van der Waals surface area contributed by atoms with Crippen LogP contribution in [0.2, 0.25) is 0 Å². The number of alkyl halides is 1. The Kier molecular flexibility index (Phi) is 10.8. The molecule has 7 rings (SSSR count). The Morgan fingerprint density at radius 1 is 0.964 bits per heavy atom. The van der Waals surface area contributed by atoms with Gasteiger partial charge in [0.05, 0.1) is 0 Å². The molecule has 55 heavy (non-hydrogen) atoms. The Hall–Kier alpha value is -4.74. The molecule has 15 heteroatoms. The molecule has 3 heterocycles. The van der Waals surface area contributed by atoms with Gasteiger partial charge in [-0.25, -0.2) is 14.6 Å². The minimum absolute atomic E-state index is 0.0483. The smallest absolute Gasteiger partial charge is 0.353 e. The molecule has 1 saturated carbocycles. The molecule has 0 unspecified atom stereocenters. The Morgan fingerprint density at radius 3 is 2.02 bits per heavy atom. The molecule has 3 aromatic carbocycles. The van der Waals surface area contributed by atoms with Gasteiger partial charge >= 0.3 is 11.9 Å². The van der Waals surface area contributed by atoms with Crippen LogP contribution >= 0.6 is 45.7 Å². The zero-order valence-corrected chi connectivity index (χ0v) is 33.9. The average Bonchev–Trinajstić information content (AvgIpc) is 3.85. The van der Waals surface area contributed by atoms with E-state index in [9.17, 15) is 24.3 Å². The van der Waals surface area contributed by atoms with E-state index >= 15 is 0 Å². The molecule has 12 nitrogen and oxygen atoms in total. The number of carboxylic acid groups (broad SMARTS) is 1. The molecule has 2 aliphatic heterocycles. The lowest BCUT2D eigenvalue weighted by Crippen LogP contribution is -2.71. The summed E-state index contributed by atoms with van der Waals surface area (Å²) in [5.41, 5.74) is 0.292. The van der Waals surface area contributed by atoms with Gasteiger partial charge in [0.25, 0.3) is 11.8 Å². The predicted molar refractivity (Wildman–Crippen MR) is 219 cm³/mol. The molecule has 0 bridgehead atoms. The summed E-state index contributed by atoms with van der Waals surface area (Å²) in [7, 11) is 0. The van der Waals surface area contributed by atoms with Crippen LogP contribution in [0.15, 0.2) is 113 Å². The lowest BCUT2D eigenvalue weighted by atomic mass is 9.77. The number of hydrogen-bond acceptors (Lipinski definition) is 11. The number of benzene rings is 3. The number of anilines is 1. The van der Waals surface area contributed by atoms with E-state index in [2.05, 4.69) is 38.4 Å². The van der Waals surface area contributed by atoms with Gasteiger partial charge in [-0.15, -0.1) is 23.1 Å². The molecule has 284 valence electrons. The number of ether oxygens (including phenoxy) is 1. The van der Waals surface area contributed by atoms with Crippen LogP contribution in [0.5, 0.6) is 0 Å². The number of aliphatic carboxylic acids is 1. The standard InChI is InChI=1S/C40H38IN5O7S2/c1-38(2,3)52-36(51)39(19-20-39)53-45-29(32(47)43-30-33(48)46-31(35(49)50)24(21-41)22-54-34(30)46)28-23-55-37(42-28)44-40(25-13-7-4-8-14-25,26-15-9-5-10-16-26)27-17-11-6-12-18-27/h4-18,23,30,34H,19-22H2,1-3H3,(H,42,44)(H,43,47)(H,49,50)/t30-,34+/m1/s1. The van der Waals surface area contributed by atoms with Crippen molar-refractivity contribution in [3.8, 4) is 0 Å². The fourth-order valence-corrected chi connectivity index (χ4v) is 9.63. The van der Waals surface area contributed by atoms with Crippen molar-refractivity contribution in [3.63, 3.8) is 0 Å². The lowest BCUT2D eigenvalue weighted by Gasteiger charge is -2.49. The van der Waals surface area contributed by atoms with Crippen LogP contribution in [0, 0.1) is 0 Å². The van der Waals surface area contributed by atoms with Crippen molar-refractivity contribution in [2.75, 3.05) is 15.5 Å². The van der Waals surface area contributed by atoms with Gasteiger partial charge in [0.15, 0.2) is 10.8 Å². The highest BCUT2D eigenvalue weighted by molar-refractivity contribution is 14.1. The van der Waals surface area contributed by atoms with Gasteiger partial charge in [-0.2, -0.15) is 0 Å². The number of carbonyl (C=O) groups is 4. The number of halogens is 1. The number of esters is 1. The first kappa shape index (κ1) is 38.5. The zero-order chi connectivity index (χ0) is 39.0. The van der Waals surface area contributed by atoms with E-state index in [4.69, 9.17) is 14.6 Å². The summed E-state index contributed by atoms with van der Waals surface area (Å²) < 4.78 is 6.05. The van der Waals surface area contributed by atoms with Gasteiger partial charge < -0.3 is 25.3 Å². The lowest BCUT2D eigenvalue weighted by molar-refractivity contribution is -0.172. The van der Waals surface area contributed by atoms with Gasteiger partial charge in [0.2, 0.25) is 5.60 Å². The molecule has 4 aromatic rings. The monoisotopic (exact) mass is 891 g/mol. The minimum Gasteiger partial charge on any atom is -0.477 e. The third kappa shape index (κ3) is 7.61. The molecule has 1 aromatic heterocycles. The number of fused-ring (bicyclic) bond motifs is 1. The molecule has 2 atom stereocenters. The maximum atomic E-state index is 14.2. The van der Waals surface area contributed by atoms with Gasteiger partial charge in [-0.05, 0) is 43.0 Å². The fraction of sp³-hybridized carbons (Fsp3) is 0.300. The number of amides is 2. The summed E-state index contributed by atoms with van der Waals surface area (Å²) in [6, 6.07) is 28.9. The summed E-state index contributed by atoms with van der Waals surface area (Å²) >= 11 is 4.71. The number of hydrogen-bond donors (Lipinski definition) is 3. The fourth-order valence-electron chi connectivity index (χ4n) is 6.53. The number of nitrogens with zero attached hydrogens (tertiary/aromatic N) is 3. The molecule has 0 spiro atoms. The molecule has 2 fully saturated rings. The Morgan fingerprint density at radius 2 is 1.53 bits per heavy atom. The van der Waals surface area contributed by atoms with E-state index in [1.165, 1.54) is 28.0 Å². The second-order valence-electron chi connectivity index (χ2n) is 14.3. The van der Waals surface area contributed by atoms with Gasteiger partial charge in [0, 0.05) is 28.4 Å². The Balaban J connectivity index is 1.24. The maximum Gasteiger partial charge on any atom is 0.353 e. The minimum atomic E-state index is -1.36. The van der Waals surface area contributed by atoms with Crippen molar-refractivity contribution in [1.82, 2.24) is 15.2 Å². The zero-order valence-electron chi connectivity index (χ0n) is 30.2. The Bertz CT molecular complexity index is 2070. The Labute approximate surface area is 339 Å². The van der Waals surface area contributed by atoms with Crippen LogP contribution in [-0.2, 0) is 34.3 Å². The van der Waals surface area contributed by atoms with E-state index in [0.29, 0.717) is 33.7 Å². The first-order valence-electron chi connectivity index (χ1n) is 17.5. The van der Waals surface area contributed by atoms with Crippen molar-refractivity contribution in [3.05, 3.63) is 130 Å². The van der Waals surface area contributed by atoms with Crippen LogP contribution in [0.3, 0.4) is 0 Å². The largest absolute Gasteiger partial charge is 0.477 e. The van der Waals surface area contributed by atoms with Crippen molar-refractivity contribution in [1.29, 1.82) is 0 Å². The van der Waals surface area contributed by atoms with Gasteiger partial charge in [0.1, 0.15) is 33.9 Å². The van der Waals surface area contributed by atoms with Crippen molar-refractivity contribution in [2.24, 2.45) is 5.16 Å². The number of aromatic nitrogens is 1. The van der Waals surface area contributed by atoms with Crippen LogP contribution in [0.25, 0.3) is 0 Å².